The predicted molar refractivity (Wildman–Crippen MR) is 134 cm³/mol. The fourth-order valence-electron chi connectivity index (χ4n) is 3.97. The summed E-state index contributed by atoms with van der Waals surface area (Å²) in [4.78, 5) is 29.5. The number of methoxy groups -OCH3 is 1. The van der Waals surface area contributed by atoms with Crippen molar-refractivity contribution in [1.82, 2.24) is 9.99 Å². The van der Waals surface area contributed by atoms with Crippen LogP contribution in [0, 0.1) is 6.92 Å². The molecule has 0 radical (unpaired) electrons. The quantitative estimate of drug-likeness (QED) is 0.294. The minimum atomic E-state index is -0.736. The molecule has 8 nitrogen and oxygen atoms in total. The number of carbonyl (C=O) groups is 2. The summed E-state index contributed by atoms with van der Waals surface area (Å²) in [5, 5.41) is 7.38. The van der Waals surface area contributed by atoms with E-state index in [-0.39, 0.29) is 17.6 Å². The molecule has 1 aromatic heterocycles. The Morgan fingerprint density at radius 2 is 1.78 bits per heavy atom. The van der Waals surface area contributed by atoms with Crippen molar-refractivity contribution >= 4 is 28.5 Å². The Morgan fingerprint density at radius 3 is 2.53 bits per heavy atom. The average molecular weight is 482 g/mol. The molecule has 0 N–H and O–H groups in total. The molecule has 1 unspecified atom stereocenters. The molecule has 0 aliphatic carbocycles. The van der Waals surface area contributed by atoms with Crippen LogP contribution in [0.15, 0.2) is 84.1 Å². The number of amides is 1. The minimum absolute atomic E-state index is 0.237. The number of carbonyl (C=O) groups excluding carboxylic acids is 2. The van der Waals surface area contributed by atoms with E-state index in [0.717, 1.165) is 16.5 Å². The number of rotatable bonds is 5. The van der Waals surface area contributed by atoms with Gasteiger partial charge in [0.2, 0.25) is 18.0 Å². The number of hydrogen-bond donors (Lipinski definition) is 0. The lowest BCUT2D eigenvalue weighted by Crippen LogP contribution is -2.25. The monoisotopic (exact) mass is 481 g/mol. The summed E-state index contributed by atoms with van der Waals surface area (Å²) in [5.41, 5.74) is 2.56. The number of fused-ring (bicyclic) bond motifs is 1. The number of aromatic nitrogens is 1. The lowest BCUT2D eigenvalue weighted by molar-refractivity contribution is -0.135. The van der Waals surface area contributed by atoms with E-state index < -0.39 is 12.2 Å². The zero-order valence-corrected chi connectivity index (χ0v) is 20.0. The molecule has 0 saturated heterocycles. The predicted octanol–water partition coefficient (Wildman–Crippen LogP) is 5.01. The molecule has 3 aromatic carbocycles. The molecule has 1 aliphatic heterocycles. The molecule has 4 aromatic rings. The highest BCUT2D eigenvalue weighted by Gasteiger charge is 2.33. The van der Waals surface area contributed by atoms with E-state index in [1.54, 1.807) is 30.5 Å². The molecule has 0 spiro atoms. The number of nitrogens with zero attached hydrogens (tertiary/aromatic N) is 3. The maximum atomic E-state index is 13.0. The number of ether oxygens (including phenoxy) is 3. The van der Waals surface area contributed by atoms with Gasteiger partial charge in [0.05, 0.1) is 12.7 Å². The minimum Gasteiger partial charge on any atom is -0.493 e. The Bertz CT molecular complexity index is 1490. The van der Waals surface area contributed by atoms with Gasteiger partial charge in [0.25, 0.3) is 0 Å². The molecule has 1 atom stereocenters. The first kappa shape index (κ1) is 23.0. The highest BCUT2D eigenvalue weighted by atomic mass is 16.6. The van der Waals surface area contributed by atoms with Gasteiger partial charge >= 0.3 is 5.97 Å². The molecule has 2 heterocycles. The van der Waals surface area contributed by atoms with Crippen LogP contribution >= 0.6 is 0 Å². The third-order valence-electron chi connectivity index (χ3n) is 5.81. The van der Waals surface area contributed by atoms with E-state index in [2.05, 4.69) is 10.1 Å². The first-order valence-electron chi connectivity index (χ1n) is 11.3. The molecular formula is C28H23N3O5. The Labute approximate surface area is 207 Å². The fourth-order valence-corrected chi connectivity index (χ4v) is 3.97. The SMILES string of the molecule is COc1cc(C2=NN(C(C)=O)C(c3ccc(C)nc3)O2)ccc1OC(=O)c1cccc2ccccc12. The molecule has 0 bridgehead atoms. The van der Waals surface area contributed by atoms with Crippen LogP contribution in [0.3, 0.4) is 0 Å². The summed E-state index contributed by atoms with van der Waals surface area (Å²) >= 11 is 0. The van der Waals surface area contributed by atoms with Crippen LogP contribution in [0.4, 0.5) is 0 Å². The van der Waals surface area contributed by atoms with Crippen molar-refractivity contribution in [2.75, 3.05) is 7.11 Å². The second-order valence-corrected chi connectivity index (χ2v) is 8.25. The van der Waals surface area contributed by atoms with Crippen molar-refractivity contribution in [3.8, 4) is 11.5 Å². The lowest BCUT2D eigenvalue weighted by atomic mass is 10.0. The average Bonchev–Trinajstić information content (AvgIpc) is 3.35. The Hall–Kier alpha value is -4.72. The van der Waals surface area contributed by atoms with Crippen LogP contribution < -0.4 is 9.47 Å². The first-order chi connectivity index (χ1) is 17.4. The molecule has 8 heteroatoms. The topological polar surface area (TPSA) is 90.3 Å². The molecule has 36 heavy (non-hydrogen) atoms. The molecule has 0 fully saturated rings. The van der Waals surface area contributed by atoms with Gasteiger partial charge in [0, 0.05) is 29.9 Å². The van der Waals surface area contributed by atoms with Gasteiger partial charge in [-0.15, -0.1) is 5.10 Å². The highest BCUT2D eigenvalue weighted by molar-refractivity contribution is 6.05. The zero-order chi connectivity index (χ0) is 25.2. The summed E-state index contributed by atoms with van der Waals surface area (Å²) in [7, 11) is 1.48. The Balaban J connectivity index is 1.41. The summed E-state index contributed by atoms with van der Waals surface area (Å²) in [6, 6.07) is 21.7. The van der Waals surface area contributed by atoms with Gasteiger partial charge in [0.15, 0.2) is 11.5 Å². The number of benzene rings is 3. The van der Waals surface area contributed by atoms with E-state index in [4.69, 9.17) is 14.2 Å². The molecular weight excluding hydrogens is 458 g/mol. The Kier molecular flexibility index (Phi) is 6.08. The second kappa shape index (κ2) is 9.50. The summed E-state index contributed by atoms with van der Waals surface area (Å²) < 4.78 is 17.2. The van der Waals surface area contributed by atoms with Crippen molar-refractivity contribution in [2.24, 2.45) is 5.10 Å². The largest absolute Gasteiger partial charge is 0.493 e. The Morgan fingerprint density at radius 1 is 0.972 bits per heavy atom. The van der Waals surface area contributed by atoms with Crippen molar-refractivity contribution in [3.63, 3.8) is 0 Å². The summed E-state index contributed by atoms with van der Waals surface area (Å²) in [6.45, 7) is 3.30. The number of pyridine rings is 1. The van der Waals surface area contributed by atoms with Crippen molar-refractivity contribution in [3.05, 3.63) is 101 Å². The van der Waals surface area contributed by atoms with Crippen molar-refractivity contribution in [2.45, 2.75) is 20.1 Å². The van der Waals surface area contributed by atoms with Crippen LogP contribution in [0.1, 0.15) is 40.3 Å². The van der Waals surface area contributed by atoms with Gasteiger partial charge in [-0.25, -0.2) is 4.79 Å². The van der Waals surface area contributed by atoms with Crippen LogP contribution in [-0.4, -0.2) is 34.9 Å². The van der Waals surface area contributed by atoms with E-state index in [0.29, 0.717) is 22.4 Å². The first-order valence-corrected chi connectivity index (χ1v) is 11.3. The standard InChI is InChI=1S/C28H23N3O5/c1-17-11-12-21(16-29-17)27-31(18(2)32)30-26(36-27)20-13-14-24(25(15-20)34-3)35-28(33)23-10-6-8-19-7-4-5-9-22(19)23/h4-16,27H,1-3H3. The van der Waals surface area contributed by atoms with Crippen LogP contribution in [0.2, 0.25) is 0 Å². The smallest absolute Gasteiger partial charge is 0.344 e. The normalized spacial score (nSPS) is 14.8. The number of aryl methyl sites for hydroxylation is 1. The van der Waals surface area contributed by atoms with Crippen molar-refractivity contribution in [1.29, 1.82) is 0 Å². The third-order valence-corrected chi connectivity index (χ3v) is 5.81. The van der Waals surface area contributed by atoms with Gasteiger partial charge in [-0.05, 0) is 54.1 Å². The molecule has 1 aliphatic rings. The summed E-state index contributed by atoms with van der Waals surface area (Å²) in [6.07, 6.45) is 0.922. The van der Waals surface area contributed by atoms with E-state index in [9.17, 15) is 9.59 Å². The van der Waals surface area contributed by atoms with Gasteiger partial charge in [-0.1, -0.05) is 36.4 Å². The third kappa shape index (κ3) is 4.36. The van der Waals surface area contributed by atoms with Gasteiger partial charge in [-0.3, -0.25) is 9.78 Å². The maximum Gasteiger partial charge on any atom is 0.344 e. The number of hydrazone groups is 1. The van der Waals surface area contributed by atoms with Gasteiger partial charge in [0.1, 0.15) is 0 Å². The lowest BCUT2D eigenvalue weighted by Gasteiger charge is -2.19. The maximum absolute atomic E-state index is 13.0. The second-order valence-electron chi connectivity index (χ2n) is 8.25. The number of hydrogen-bond acceptors (Lipinski definition) is 7. The molecule has 0 saturated carbocycles. The van der Waals surface area contributed by atoms with E-state index >= 15 is 0 Å². The van der Waals surface area contributed by atoms with E-state index in [1.807, 2.05) is 55.5 Å². The van der Waals surface area contributed by atoms with Gasteiger partial charge in [-0.2, -0.15) is 5.01 Å². The van der Waals surface area contributed by atoms with Crippen LogP contribution in [0.25, 0.3) is 10.8 Å². The van der Waals surface area contributed by atoms with Crippen LogP contribution in [0.5, 0.6) is 11.5 Å². The number of esters is 1. The van der Waals surface area contributed by atoms with E-state index in [1.165, 1.54) is 19.0 Å². The van der Waals surface area contributed by atoms with Gasteiger partial charge < -0.3 is 14.2 Å². The molecule has 5 rings (SSSR count). The van der Waals surface area contributed by atoms with Crippen molar-refractivity contribution < 1.29 is 23.8 Å². The summed E-state index contributed by atoms with van der Waals surface area (Å²) in [5.74, 6) is 0.0360. The highest BCUT2D eigenvalue weighted by Crippen LogP contribution is 2.34. The molecule has 1 amide bonds. The fraction of sp³-hybridized carbons (Fsp3) is 0.143. The van der Waals surface area contributed by atoms with Crippen LogP contribution in [-0.2, 0) is 9.53 Å². The molecule has 180 valence electrons. The zero-order valence-electron chi connectivity index (χ0n) is 20.0.